The molecule has 0 atom stereocenters. The first-order valence-corrected chi connectivity index (χ1v) is 8.07. The lowest BCUT2D eigenvalue weighted by Crippen LogP contribution is -2.49. The van der Waals surface area contributed by atoms with E-state index in [9.17, 15) is 0 Å². The van der Waals surface area contributed by atoms with Gasteiger partial charge in [-0.05, 0) is 48.3 Å². The quantitative estimate of drug-likeness (QED) is 0.820. The molecule has 1 fully saturated rings. The highest BCUT2D eigenvalue weighted by molar-refractivity contribution is 7.10. The van der Waals surface area contributed by atoms with Crippen molar-refractivity contribution in [1.29, 1.82) is 0 Å². The summed E-state index contributed by atoms with van der Waals surface area (Å²) >= 11 is 1.87. The van der Waals surface area contributed by atoms with Crippen LogP contribution in [0.25, 0.3) is 11.1 Å². The molecule has 1 aromatic heterocycles. The molecule has 0 saturated heterocycles. The molecule has 0 aliphatic heterocycles. The number of benzene rings is 1. The van der Waals surface area contributed by atoms with Gasteiger partial charge in [0.05, 0.1) is 0 Å². The van der Waals surface area contributed by atoms with Gasteiger partial charge in [0.1, 0.15) is 0 Å². The Bertz CT molecular complexity index is 520. The van der Waals surface area contributed by atoms with E-state index < -0.39 is 0 Å². The van der Waals surface area contributed by atoms with E-state index in [1.54, 1.807) is 0 Å². The van der Waals surface area contributed by atoms with Crippen molar-refractivity contribution in [1.82, 2.24) is 5.32 Å². The molecule has 2 heteroatoms. The first-order valence-electron chi connectivity index (χ1n) is 7.19. The highest BCUT2D eigenvalue weighted by atomic mass is 32.1. The number of nitrogens with one attached hydrogen (secondary N) is 1. The minimum Gasteiger partial charge on any atom is -0.306 e. The predicted molar refractivity (Wildman–Crippen MR) is 83.5 cm³/mol. The predicted octanol–water partition coefficient (Wildman–Crippen LogP) is 4.84. The summed E-state index contributed by atoms with van der Waals surface area (Å²) in [6, 6.07) is 13.0. The third-order valence-corrected chi connectivity index (χ3v) is 5.32. The first kappa shape index (κ1) is 12.9. The van der Waals surface area contributed by atoms with Crippen LogP contribution in [0.3, 0.4) is 0 Å². The summed E-state index contributed by atoms with van der Waals surface area (Å²) in [5.74, 6) is 0. The zero-order valence-electron chi connectivity index (χ0n) is 11.5. The maximum absolute atomic E-state index is 3.77. The van der Waals surface area contributed by atoms with E-state index in [0.717, 1.165) is 6.54 Å². The van der Waals surface area contributed by atoms with Crippen molar-refractivity contribution in [3.63, 3.8) is 0 Å². The molecule has 0 spiro atoms. The third-order valence-electron chi connectivity index (χ3n) is 4.39. The molecule has 0 amide bonds. The Morgan fingerprint density at radius 2 is 1.95 bits per heavy atom. The maximum Gasteiger partial charge on any atom is 0.0305 e. The van der Waals surface area contributed by atoms with Crippen molar-refractivity contribution < 1.29 is 0 Å². The molecule has 100 valence electrons. The lowest BCUT2D eigenvalue weighted by molar-refractivity contribution is 0.176. The van der Waals surface area contributed by atoms with Crippen LogP contribution < -0.4 is 5.32 Å². The standard InChI is InChI=1S/C17H21NS/c1-2-17(9-6-10-17)18-12-16-11-15(13-19-16)14-7-4-3-5-8-14/h3-5,7-8,11,13,18H,2,6,9-10,12H2,1H3. The van der Waals surface area contributed by atoms with Gasteiger partial charge < -0.3 is 5.32 Å². The zero-order chi connectivity index (χ0) is 13.1. The smallest absolute Gasteiger partial charge is 0.0305 e. The average Bonchev–Trinajstić information content (AvgIpc) is 2.88. The van der Waals surface area contributed by atoms with Crippen LogP contribution in [0.5, 0.6) is 0 Å². The Morgan fingerprint density at radius 1 is 1.16 bits per heavy atom. The maximum atomic E-state index is 3.77. The summed E-state index contributed by atoms with van der Waals surface area (Å²) in [5.41, 5.74) is 3.11. The molecule has 1 saturated carbocycles. The summed E-state index contributed by atoms with van der Waals surface area (Å²) in [7, 11) is 0. The fraction of sp³-hybridized carbons (Fsp3) is 0.412. The highest BCUT2D eigenvalue weighted by Gasteiger charge is 2.34. The average molecular weight is 271 g/mol. The molecule has 19 heavy (non-hydrogen) atoms. The van der Waals surface area contributed by atoms with Crippen molar-refractivity contribution in [3.8, 4) is 11.1 Å². The molecule has 1 aliphatic carbocycles. The van der Waals surface area contributed by atoms with Gasteiger partial charge in [0.15, 0.2) is 0 Å². The molecule has 3 rings (SSSR count). The number of thiophene rings is 1. The summed E-state index contributed by atoms with van der Waals surface area (Å²) in [6.07, 6.45) is 5.34. The third kappa shape index (κ3) is 2.75. The van der Waals surface area contributed by atoms with Gasteiger partial charge in [0.2, 0.25) is 0 Å². The van der Waals surface area contributed by atoms with Gasteiger partial charge in [0.25, 0.3) is 0 Å². The largest absolute Gasteiger partial charge is 0.306 e. The van der Waals surface area contributed by atoms with Crippen molar-refractivity contribution in [2.45, 2.75) is 44.7 Å². The lowest BCUT2D eigenvalue weighted by Gasteiger charge is -2.42. The van der Waals surface area contributed by atoms with Crippen molar-refractivity contribution in [3.05, 3.63) is 46.7 Å². The van der Waals surface area contributed by atoms with Crippen molar-refractivity contribution in [2.24, 2.45) is 0 Å². The van der Waals surface area contributed by atoms with E-state index in [1.165, 1.54) is 41.7 Å². The second kappa shape index (κ2) is 5.48. The van der Waals surface area contributed by atoms with E-state index in [-0.39, 0.29) is 0 Å². The van der Waals surface area contributed by atoms with Crippen LogP contribution in [0.1, 0.15) is 37.5 Å². The summed E-state index contributed by atoms with van der Waals surface area (Å²) < 4.78 is 0. The van der Waals surface area contributed by atoms with Crippen LogP contribution in [0.15, 0.2) is 41.8 Å². The molecular weight excluding hydrogens is 250 g/mol. The Balaban J connectivity index is 1.65. The second-order valence-electron chi connectivity index (χ2n) is 5.51. The van der Waals surface area contributed by atoms with Gasteiger partial charge in [0, 0.05) is 17.0 Å². The lowest BCUT2D eigenvalue weighted by atomic mass is 9.75. The van der Waals surface area contributed by atoms with Crippen molar-refractivity contribution >= 4 is 11.3 Å². The fourth-order valence-corrected chi connectivity index (χ4v) is 3.62. The number of hydrogen-bond donors (Lipinski definition) is 1. The van der Waals surface area contributed by atoms with Crippen LogP contribution in [0.4, 0.5) is 0 Å². The molecule has 1 heterocycles. The molecule has 0 unspecified atom stereocenters. The molecule has 1 aromatic carbocycles. The minimum absolute atomic E-state index is 0.441. The molecule has 1 N–H and O–H groups in total. The van der Waals surface area contributed by atoms with Gasteiger partial charge >= 0.3 is 0 Å². The van der Waals surface area contributed by atoms with Gasteiger partial charge in [-0.2, -0.15) is 0 Å². The summed E-state index contributed by atoms with van der Waals surface area (Å²) in [5, 5.41) is 6.04. The SMILES string of the molecule is CCC1(NCc2cc(-c3ccccc3)cs2)CCC1. The van der Waals surface area contributed by atoms with Gasteiger partial charge in [-0.25, -0.2) is 0 Å². The Morgan fingerprint density at radius 3 is 2.58 bits per heavy atom. The van der Waals surface area contributed by atoms with E-state index >= 15 is 0 Å². The number of rotatable bonds is 5. The van der Waals surface area contributed by atoms with Crippen LogP contribution in [0.2, 0.25) is 0 Å². The molecule has 1 aliphatic rings. The molecular formula is C17H21NS. The summed E-state index contributed by atoms with van der Waals surface area (Å²) in [4.78, 5) is 1.44. The molecule has 0 radical (unpaired) electrons. The van der Waals surface area contributed by atoms with Crippen LogP contribution in [-0.2, 0) is 6.54 Å². The fourth-order valence-electron chi connectivity index (χ4n) is 2.79. The minimum atomic E-state index is 0.441. The Labute approximate surface area is 119 Å². The molecule has 2 aromatic rings. The van der Waals surface area contributed by atoms with E-state index in [0.29, 0.717) is 5.54 Å². The molecule has 1 nitrogen and oxygen atoms in total. The first-order chi connectivity index (χ1) is 9.31. The van der Waals surface area contributed by atoms with Crippen LogP contribution in [0, 0.1) is 0 Å². The zero-order valence-corrected chi connectivity index (χ0v) is 12.3. The highest BCUT2D eigenvalue weighted by Crippen LogP contribution is 2.35. The topological polar surface area (TPSA) is 12.0 Å². The van der Waals surface area contributed by atoms with Crippen molar-refractivity contribution in [2.75, 3.05) is 0 Å². The van der Waals surface area contributed by atoms with Crippen LogP contribution >= 0.6 is 11.3 Å². The monoisotopic (exact) mass is 271 g/mol. The van der Waals surface area contributed by atoms with Gasteiger partial charge in [-0.1, -0.05) is 37.3 Å². The normalized spacial score (nSPS) is 17.1. The second-order valence-corrected chi connectivity index (χ2v) is 6.50. The Kier molecular flexibility index (Phi) is 3.72. The van der Waals surface area contributed by atoms with E-state index in [2.05, 4.69) is 54.0 Å². The summed E-state index contributed by atoms with van der Waals surface area (Å²) in [6.45, 7) is 3.32. The van der Waals surface area contributed by atoms with E-state index in [1.807, 2.05) is 11.3 Å². The van der Waals surface area contributed by atoms with Gasteiger partial charge in [-0.3, -0.25) is 0 Å². The van der Waals surface area contributed by atoms with Gasteiger partial charge in [-0.15, -0.1) is 11.3 Å². The number of hydrogen-bond acceptors (Lipinski definition) is 2. The van der Waals surface area contributed by atoms with E-state index in [4.69, 9.17) is 0 Å². The van der Waals surface area contributed by atoms with Crippen LogP contribution in [-0.4, -0.2) is 5.54 Å². The molecule has 0 bridgehead atoms. The Hall–Kier alpha value is -1.12.